The van der Waals surface area contributed by atoms with E-state index in [9.17, 15) is 9.59 Å². The standard InChI is InChI=1S/C14H20N2O3/c1-11(19-14(18)12-7-6-8-15-12)13(17)16-9-4-2-3-5-10-16/h6-8,11,15H,2-5,9-10H2,1H3/t11-/m0/s1. The fourth-order valence-electron chi connectivity index (χ4n) is 2.28. The van der Waals surface area contributed by atoms with Crippen molar-refractivity contribution in [1.82, 2.24) is 9.88 Å². The second-order valence-corrected chi connectivity index (χ2v) is 4.87. The Morgan fingerprint density at radius 1 is 1.26 bits per heavy atom. The fraction of sp³-hybridized carbons (Fsp3) is 0.571. The number of hydrogen-bond donors (Lipinski definition) is 1. The van der Waals surface area contributed by atoms with Gasteiger partial charge in [0, 0.05) is 19.3 Å². The Kier molecular flexibility index (Phi) is 4.60. The number of ether oxygens (including phenoxy) is 1. The topological polar surface area (TPSA) is 62.4 Å². The van der Waals surface area contributed by atoms with Crippen LogP contribution < -0.4 is 0 Å². The van der Waals surface area contributed by atoms with Gasteiger partial charge in [-0.1, -0.05) is 12.8 Å². The molecule has 0 radical (unpaired) electrons. The largest absolute Gasteiger partial charge is 0.448 e. The second-order valence-electron chi connectivity index (χ2n) is 4.87. The van der Waals surface area contributed by atoms with Crippen molar-refractivity contribution in [3.8, 4) is 0 Å². The van der Waals surface area contributed by atoms with Gasteiger partial charge in [-0.25, -0.2) is 4.79 Å². The summed E-state index contributed by atoms with van der Waals surface area (Å²) in [4.78, 5) is 28.5. The van der Waals surface area contributed by atoms with E-state index in [1.165, 1.54) is 12.8 Å². The summed E-state index contributed by atoms with van der Waals surface area (Å²) in [5.41, 5.74) is 0.371. The number of rotatable bonds is 3. The molecule has 1 fully saturated rings. The van der Waals surface area contributed by atoms with Crippen LogP contribution in [0.4, 0.5) is 0 Å². The van der Waals surface area contributed by atoms with Crippen LogP contribution in [0.15, 0.2) is 18.3 Å². The van der Waals surface area contributed by atoms with Crippen molar-refractivity contribution in [3.63, 3.8) is 0 Å². The summed E-state index contributed by atoms with van der Waals surface area (Å²) in [6.07, 6.45) is 5.32. The zero-order valence-corrected chi connectivity index (χ0v) is 11.2. The molecule has 5 heteroatoms. The lowest BCUT2D eigenvalue weighted by molar-refractivity contribution is -0.139. The number of aromatic amines is 1. The van der Waals surface area contributed by atoms with Gasteiger partial charge in [0.2, 0.25) is 0 Å². The number of aromatic nitrogens is 1. The van der Waals surface area contributed by atoms with Crippen LogP contribution in [0, 0.1) is 0 Å². The molecule has 0 spiro atoms. The van der Waals surface area contributed by atoms with Crippen LogP contribution >= 0.6 is 0 Å². The molecule has 0 saturated carbocycles. The van der Waals surface area contributed by atoms with Crippen LogP contribution in [0.2, 0.25) is 0 Å². The van der Waals surface area contributed by atoms with Gasteiger partial charge in [0.25, 0.3) is 5.91 Å². The summed E-state index contributed by atoms with van der Waals surface area (Å²) in [6, 6.07) is 3.35. The highest BCUT2D eigenvalue weighted by Gasteiger charge is 2.25. The lowest BCUT2D eigenvalue weighted by Gasteiger charge is -2.23. The molecular weight excluding hydrogens is 244 g/mol. The lowest BCUT2D eigenvalue weighted by atomic mass is 10.2. The maximum Gasteiger partial charge on any atom is 0.355 e. The molecule has 1 atom stereocenters. The van der Waals surface area contributed by atoms with Crippen LogP contribution in [0.25, 0.3) is 0 Å². The highest BCUT2D eigenvalue weighted by atomic mass is 16.5. The predicted octanol–water partition coefficient (Wildman–Crippen LogP) is 1.96. The third-order valence-corrected chi connectivity index (χ3v) is 3.37. The van der Waals surface area contributed by atoms with E-state index in [0.29, 0.717) is 5.69 Å². The second kappa shape index (κ2) is 6.41. The molecule has 1 aromatic heterocycles. The first kappa shape index (κ1) is 13.6. The van der Waals surface area contributed by atoms with Crippen molar-refractivity contribution < 1.29 is 14.3 Å². The molecule has 1 aliphatic heterocycles. The predicted molar refractivity (Wildman–Crippen MR) is 70.7 cm³/mol. The molecule has 1 aliphatic rings. The van der Waals surface area contributed by atoms with Crippen molar-refractivity contribution in [2.24, 2.45) is 0 Å². The van der Waals surface area contributed by atoms with Crippen LogP contribution in [-0.4, -0.2) is 41.0 Å². The number of amides is 1. The van der Waals surface area contributed by atoms with E-state index in [2.05, 4.69) is 4.98 Å². The van der Waals surface area contributed by atoms with Crippen LogP contribution in [0.1, 0.15) is 43.1 Å². The number of nitrogens with one attached hydrogen (secondary N) is 1. The van der Waals surface area contributed by atoms with E-state index in [4.69, 9.17) is 4.74 Å². The first-order chi connectivity index (χ1) is 9.18. The molecule has 19 heavy (non-hydrogen) atoms. The number of carbonyl (C=O) groups excluding carboxylic acids is 2. The van der Waals surface area contributed by atoms with Gasteiger partial charge >= 0.3 is 5.97 Å². The van der Waals surface area contributed by atoms with Crippen LogP contribution in [0.5, 0.6) is 0 Å². The molecule has 0 aliphatic carbocycles. The number of hydrogen-bond acceptors (Lipinski definition) is 3. The fourth-order valence-corrected chi connectivity index (χ4v) is 2.28. The highest BCUT2D eigenvalue weighted by Crippen LogP contribution is 2.12. The van der Waals surface area contributed by atoms with E-state index < -0.39 is 12.1 Å². The molecule has 2 rings (SSSR count). The lowest BCUT2D eigenvalue weighted by Crippen LogP contribution is -2.40. The zero-order valence-electron chi connectivity index (χ0n) is 11.2. The average molecular weight is 264 g/mol. The van der Waals surface area contributed by atoms with Crippen molar-refractivity contribution in [2.75, 3.05) is 13.1 Å². The summed E-state index contributed by atoms with van der Waals surface area (Å²) in [6.45, 7) is 3.17. The van der Waals surface area contributed by atoms with Gasteiger partial charge in [-0.3, -0.25) is 4.79 Å². The number of likely N-dealkylation sites (tertiary alicyclic amines) is 1. The minimum absolute atomic E-state index is 0.0955. The van der Waals surface area contributed by atoms with Crippen LogP contribution in [0.3, 0.4) is 0 Å². The van der Waals surface area contributed by atoms with Gasteiger partial charge in [-0.15, -0.1) is 0 Å². The van der Waals surface area contributed by atoms with Crippen molar-refractivity contribution in [2.45, 2.75) is 38.7 Å². The van der Waals surface area contributed by atoms with Gasteiger partial charge in [0.1, 0.15) is 5.69 Å². The smallest absolute Gasteiger partial charge is 0.355 e. The van der Waals surface area contributed by atoms with Crippen molar-refractivity contribution in [1.29, 1.82) is 0 Å². The average Bonchev–Trinajstić information content (AvgIpc) is 2.81. The maximum absolute atomic E-state index is 12.2. The van der Waals surface area contributed by atoms with E-state index in [0.717, 1.165) is 25.9 Å². The summed E-state index contributed by atoms with van der Waals surface area (Å²) in [7, 11) is 0. The Labute approximate surface area is 112 Å². The number of carbonyl (C=O) groups is 2. The molecule has 1 saturated heterocycles. The Bertz CT molecular complexity index is 420. The Morgan fingerprint density at radius 3 is 2.53 bits per heavy atom. The Hall–Kier alpha value is -1.78. The summed E-state index contributed by atoms with van der Waals surface area (Å²) in [5.74, 6) is -0.581. The number of H-pyrrole nitrogens is 1. The molecular formula is C14H20N2O3. The first-order valence-corrected chi connectivity index (χ1v) is 6.81. The quantitative estimate of drug-likeness (QED) is 0.849. The summed E-state index contributed by atoms with van der Waals surface area (Å²) in [5, 5.41) is 0. The van der Waals surface area contributed by atoms with Gasteiger partial charge in [-0.2, -0.15) is 0 Å². The van der Waals surface area contributed by atoms with E-state index in [1.807, 2.05) is 0 Å². The molecule has 0 unspecified atom stereocenters. The molecule has 0 bridgehead atoms. The zero-order chi connectivity index (χ0) is 13.7. The maximum atomic E-state index is 12.2. The monoisotopic (exact) mass is 264 g/mol. The van der Waals surface area contributed by atoms with E-state index in [1.54, 1.807) is 30.2 Å². The highest BCUT2D eigenvalue weighted by molar-refractivity contribution is 5.90. The van der Waals surface area contributed by atoms with E-state index in [-0.39, 0.29) is 5.91 Å². The molecule has 1 N–H and O–H groups in total. The SMILES string of the molecule is C[C@H](OC(=O)c1ccc[nH]1)C(=O)N1CCCCCC1. The number of nitrogens with zero attached hydrogens (tertiary/aromatic N) is 1. The molecule has 2 heterocycles. The summed E-state index contributed by atoms with van der Waals surface area (Å²) >= 11 is 0. The molecule has 1 amide bonds. The van der Waals surface area contributed by atoms with Crippen LogP contribution in [-0.2, 0) is 9.53 Å². The third kappa shape index (κ3) is 3.59. The number of esters is 1. The van der Waals surface area contributed by atoms with Gasteiger partial charge < -0.3 is 14.6 Å². The van der Waals surface area contributed by atoms with Crippen molar-refractivity contribution in [3.05, 3.63) is 24.0 Å². The third-order valence-electron chi connectivity index (χ3n) is 3.37. The molecule has 104 valence electrons. The van der Waals surface area contributed by atoms with E-state index >= 15 is 0 Å². The minimum Gasteiger partial charge on any atom is -0.448 e. The molecule has 1 aromatic rings. The van der Waals surface area contributed by atoms with Crippen molar-refractivity contribution >= 4 is 11.9 Å². The Balaban J connectivity index is 1.89. The Morgan fingerprint density at radius 2 is 1.95 bits per heavy atom. The molecule has 5 nitrogen and oxygen atoms in total. The molecule has 0 aromatic carbocycles. The van der Waals surface area contributed by atoms with Gasteiger partial charge in [0.15, 0.2) is 6.10 Å². The van der Waals surface area contributed by atoms with Gasteiger partial charge in [0.05, 0.1) is 0 Å². The van der Waals surface area contributed by atoms with Gasteiger partial charge in [-0.05, 0) is 31.9 Å². The minimum atomic E-state index is -0.728. The summed E-state index contributed by atoms with van der Waals surface area (Å²) < 4.78 is 5.19. The first-order valence-electron chi connectivity index (χ1n) is 6.81. The normalized spacial score (nSPS) is 17.6.